The van der Waals surface area contributed by atoms with Crippen LogP contribution in [0.25, 0.3) is 0 Å². The van der Waals surface area contributed by atoms with Gasteiger partial charge in [0, 0.05) is 7.97 Å². The minimum atomic E-state index is -1.13. The van der Waals surface area contributed by atoms with E-state index in [0.29, 0.717) is 40.0 Å². The summed E-state index contributed by atoms with van der Waals surface area (Å²) >= 11 is 0. The summed E-state index contributed by atoms with van der Waals surface area (Å²) in [5.74, 6) is 2.63. The number of carbonyl (C=O) groups excluding carboxylic acids is 1. The molecule has 0 radical (unpaired) electrons. The second-order valence-electron chi connectivity index (χ2n) is 19.6. The molecule has 0 aromatic rings. The van der Waals surface area contributed by atoms with E-state index in [1.54, 1.807) is 13.8 Å². The van der Waals surface area contributed by atoms with Crippen LogP contribution in [0.2, 0.25) is 0 Å². The zero-order chi connectivity index (χ0) is 33.3. The van der Waals surface area contributed by atoms with Crippen molar-refractivity contribution in [2.45, 2.75) is 160 Å². The molecule has 12 atom stereocenters. The predicted molar refractivity (Wildman–Crippen MR) is 182 cm³/mol. The van der Waals surface area contributed by atoms with Gasteiger partial charge in [-0.25, -0.2) is 0 Å². The fraction of sp³-hybridized carbons (Fsp3) is 0.975. The summed E-state index contributed by atoms with van der Waals surface area (Å²) in [4.78, 5) is 15.4. The highest BCUT2D eigenvalue weighted by atomic mass is 16.7. The second-order valence-corrected chi connectivity index (χ2v) is 19.6. The van der Waals surface area contributed by atoms with E-state index >= 15 is 0 Å². The molecule has 3 saturated heterocycles. The van der Waals surface area contributed by atoms with E-state index in [9.17, 15) is 9.90 Å². The highest BCUT2D eigenvalue weighted by Crippen LogP contribution is 2.87. The summed E-state index contributed by atoms with van der Waals surface area (Å²) in [7, 11) is 0. The van der Waals surface area contributed by atoms with Crippen LogP contribution in [0, 0.1) is 51.2 Å². The topological polar surface area (TPSA) is 86.7 Å². The lowest BCUT2D eigenvalue weighted by atomic mass is 9.46. The van der Waals surface area contributed by atoms with Crippen LogP contribution in [0.3, 0.4) is 0 Å². The first-order chi connectivity index (χ1) is 22.9. The first-order valence-corrected chi connectivity index (χ1v) is 20.0. The monoisotopic (exact) mass is 671 g/mol. The molecular formula is C40H65NO7. The van der Waals surface area contributed by atoms with E-state index in [-0.39, 0.29) is 43.3 Å². The predicted octanol–water partition coefficient (Wildman–Crippen LogP) is 6.36. The van der Waals surface area contributed by atoms with E-state index < -0.39 is 11.7 Å². The number of fused-ring (bicyclic) bond motifs is 4. The normalized spacial score (nSPS) is 49.2. The summed E-state index contributed by atoms with van der Waals surface area (Å²) in [6, 6.07) is 0.536. The van der Waals surface area contributed by atoms with E-state index in [1.807, 2.05) is 0 Å². The van der Waals surface area contributed by atoms with Crippen LogP contribution in [-0.2, 0) is 28.5 Å². The van der Waals surface area contributed by atoms with Crippen LogP contribution < -0.4 is 0 Å². The zero-order valence-corrected chi connectivity index (χ0v) is 30.4. The molecule has 9 unspecified atom stereocenters. The van der Waals surface area contributed by atoms with Crippen LogP contribution in [0.5, 0.6) is 0 Å². The number of hydrogen-bond donors (Lipinski definition) is 1. The molecule has 0 aromatic heterocycles. The van der Waals surface area contributed by atoms with Crippen LogP contribution in [0.15, 0.2) is 0 Å². The Morgan fingerprint density at radius 1 is 0.958 bits per heavy atom. The average Bonchev–Trinajstić information content (AvgIpc) is 3.55. The number of aliphatic hydroxyl groups is 1. The number of morpholine rings is 1. The molecule has 48 heavy (non-hydrogen) atoms. The summed E-state index contributed by atoms with van der Waals surface area (Å²) in [5.41, 5.74) is 0.300. The number of rotatable bonds is 7. The van der Waals surface area contributed by atoms with Gasteiger partial charge in [0.15, 0.2) is 12.4 Å². The number of ether oxygens (including phenoxy) is 5. The molecular weight excluding hydrogens is 606 g/mol. The van der Waals surface area contributed by atoms with E-state index in [4.69, 9.17) is 23.7 Å². The van der Waals surface area contributed by atoms with Gasteiger partial charge < -0.3 is 28.8 Å². The van der Waals surface area contributed by atoms with Crippen molar-refractivity contribution in [3.8, 4) is 0 Å². The Hall–Kier alpha value is -0.770. The molecule has 9 aliphatic rings. The highest BCUT2D eigenvalue weighted by Gasteiger charge is 2.80. The van der Waals surface area contributed by atoms with Crippen molar-refractivity contribution >= 4 is 5.97 Å². The first-order valence-electron chi connectivity index (χ1n) is 20.0. The molecule has 0 amide bonds. The molecule has 9 rings (SSSR count). The van der Waals surface area contributed by atoms with Crippen molar-refractivity contribution in [3.05, 3.63) is 0 Å². The maximum Gasteiger partial charge on any atom is 0.309 e. The van der Waals surface area contributed by atoms with E-state index in [1.165, 1.54) is 38.5 Å². The van der Waals surface area contributed by atoms with Crippen molar-refractivity contribution in [3.63, 3.8) is 0 Å². The molecule has 1 N–H and O–H groups in total. The fourth-order valence-electron chi connectivity index (χ4n) is 13.9. The summed E-state index contributed by atoms with van der Waals surface area (Å²) in [5, 5.41) is 11.2. The van der Waals surface area contributed by atoms with Crippen LogP contribution in [0.1, 0.15) is 120 Å². The molecule has 6 aliphatic carbocycles. The molecule has 0 bridgehead atoms. The lowest BCUT2D eigenvalue weighted by Crippen LogP contribution is -2.58. The molecule has 3 aliphatic heterocycles. The van der Waals surface area contributed by atoms with E-state index in [2.05, 4.69) is 25.7 Å². The standard InChI is InChI=1S/C40H63NO7.H2/c1-36(2)31-12-10-26-28-19-30-27(9-11-29(46-30)34(37(3,4)43)48-35(42)24-7-6-8-24)38(28,5)15-16-39(26)23-40(31,39)14-13-32(36)47-33-20-41(17-18-45-33)25-21-44-22-25;/h24-34,43H,6-23H2,1-5H3;1H/t26?,27?,28?,29?,30?,31?,32-,33?,34-,38?,39?,40+;/m0./s1. The third-order valence-electron chi connectivity index (χ3n) is 16.8. The summed E-state index contributed by atoms with van der Waals surface area (Å²) < 4.78 is 31.7. The van der Waals surface area contributed by atoms with Gasteiger partial charge in [0.25, 0.3) is 0 Å². The highest BCUT2D eigenvalue weighted by molar-refractivity contribution is 5.73. The Kier molecular flexibility index (Phi) is 7.83. The quantitative estimate of drug-likeness (QED) is 0.313. The van der Waals surface area contributed by atoms with E-state index in [0.717, 1.165) is 83.8 Å². The Morgan fingerprint density at radius 2 is 1.75 bits per heavy atom. The molecule has 272 valence electrons. The molecule has 6 saturated carbocycles. The van der Waals surface area contributed by atoms with Crippen molar-refractivity contribution < 1.29 is 35.0 Å². The molecule has 2 spiro atoms. The van der Waals surface area contributed by atoms with Gasteiger partial charge in [-0.15, -0.1) is 0 Å². The third-order valence-corrected chi connectivity index (χ3v) is 16.8. The minimum Gasteiger partial charge on any atom is -0.456 e. The van der Waals surface area contributed by atoms with Gasteiger partial charge in [-0.2, -0.15) is 0 Å². The van der Waals surface area contributed by atoms with Crippen LogP contribution >= 0.6 is 0 Å². The maximum absolute atomic E-state index is 12.9. The van der Waals surface area contributed by atoms with Gasteiger partial charge in [0.1, 0.15) is 0 Å². The third kappa shape index (κ3) is 4.84. The molecule has 8 nitrogen and oxygen atoms in total. The second kappa shape index (κ2) is 11.4. The Balaban J connectivity index is 0.00000348. The summed E-state index contributed by atoms with van der Waals surface area (Å²) in [6.07, 6.45) is 14.8. The number of hydrogen-bond acceptors (Lipinski definition) is 8. The Bertz CT molecular complexity index is 1270. The first kappa shape index (κ1) is 33.1. The zero-order valence-electron chi connectivity index (χ0n) is 30.4. The SMILES string of the molecule is CC12CCC34C[C@@]35CC[C@H](OC3CN(C6COC6)CCO3)C(C)(C)C5CCC4C1CC1OC([C@H](OC(=O)C3CCC3)C(C)(C)O)CCC12.[HH]. The van der Waals surface area contributed by atoms with Gasteiger partial charge >= 0.3 is 5.97 Å². The van der Waals surface area contributed by atoms with Gasteiger partial charge in [0.05, 0.1) is 62.2 Å². The molecule has 9 fully saturated rings. The Labute approximate surface area is 290 Å². The molecule has 8 heteroatoms. The fourth-order valence-corrected chi connectivity index (χ4v) is 13.9. The average molecular weight is 672 g/mol. The van der Waals surface area contributed by atoms with Crippen molar-refractivity contribution in [2.24, 2.45) is 51.2 Å². The van der Waals surface area contributed by atoms with Gasteiger partial charge in [-0.3, -0.25) is 9.69 Å². The molecule has 0 aromatic carbocycles. The van der Waals surface area contributed by atoms with Gasteiger partial charge in [0.2, 0.25) is 0 Å². The Morgan fingerprint density at radius 3 is 2.46 bits per heavy atom. The van der Waals surface area contributed by atoms with Crippen molar-refractivity contribution in [1.82, 2.24) is 4.90 Å². The van der Waals surface area contributed by atoms with Crippen LogP contribution in [-0.4, -0.2) is 91.2 Å². The largest absolute Gasteiger partial charge is 0.456 e. The lowest BCUT2D eigenvalue weighted by molar-refractivity contribution is -0.253. The van der Waals surface area contributed by atoms with Crippen molar-refractivity contribution in [2.75, 3.05) is 32.9 Å². The number of esters is 1. The van der Waals surface area contributed by atoms with Gasteiger partial charge in [-0.05, 0) is 136 Å². The van der Waals surface area contributed by atoms with Crippen molar-refractivity contribution in [1.29, 1.82) is 0 Å². The minimum absolute atomic E-state index is 0. The number of nitrogens with zero attached hydrogens (tertiary/aromatic N) is 1. The lowest BCUT2D eigenvalue weighted by Gasteiger charge is -2.60. The smallest absolute Gasteiger partial charge is 0.309 e. The van der Waals surface area contributed by atoms with Crippen LogP contribution in [0.4, 0.5) is 0 Å². The molecule has 3 heterocycles. The number of carbonyl (C=O) groups is 1. The summed E-state index contributed by atoms with van der Waals surface area (Å²) in [6.45, 7) is 15.5. The maximum atomic E-state index is 12.9. The van der Waals surface area contributed by atoms with Gasteiger partial charge in [-0.1, -0.05) is 27.2 Å².